The molecule has 0 amide bonds. The van der Waals surface area contributed by atoms with Crippen LogP contribution >= 0.6 is 0 Å². The molecule has 1 rings (SSSR count). The molecule has 1 nitrogen and oxygen atoms in total. The first-order chi connectivity index (χ1) is 10.1. The molecule has 0 saturated carbocycles. The molecule has 1 aromatic rings. The third-order valence-electron chi connectivity index (χ3n) is 2.40. The van der Waals surface area contributed by atoms with Crippen molar-refractivity contribution in [2.75, 3.05) is 5.12 Å². The lowest BCUT2D eigenvalue weighted by molar-refractivity contribution is -0.349. The second kappa shape index (κ2) is 5.33. The second-order valence-electron chi connectivity index (χ2n) is 3.82. The predicted molar refractivity (Wildman–Crippen MR) is 45.8 cm³/mol. The van der Waals surface area contributed by atoms with Gasteiger partial charge >= 0.3 is 18.1 Å². The van der Waals surface area contributed by atoms with Crippen LogP contribution in [-0.4, -0.2) is 18.1 Å². The minimum absolute atomic E-state index is 3.00. The molecule has 0 N–H and O–H groups in total. The maximum absolute atomic E-state index is 13.3. The summed E-state index contributed by atoms with van der Waals surface area (Å²) in [6.45, 7) is 0. The van der Waals surface area contributed by atoms with Crippen LogP contribution in [0.1, 0.15) is 0 Å². The number of anilines is 1. The first kappa shape index (κ1) is 19.2. The van der Waals surface area contributed by atoms with Crippen LogP contribution in [0.25, 0.3) is 0 Å². The third kappa shape index (κ3) is 2.63. The van der Waals surface area contributed by atoms with Gasteiger partial charge in [-0.05, 0) is 0 Å². The van der Waals surface area contributed by atoms with Crippen molar-refractivity contribution in [2.45, 2.75) is 18.1 Å². The Hall–Kier alpha value is -1.89. The molecule has 0 aromatic heterocycles. The minimum atomic E-state index is -7.18. The summed E-state index contributed by atoms with van der Waals surface area (Å²) in [5, 5.41) is -3.25. The summed E-state index contributed by atoms with van der Waals surface area (Å²) in [5.41, 5.74) is -3.39. The van der Waals surface area contributed by atoms with Gasteiger partial charge in [0.2, 0.25) is 5.82 Å². The SMILES string of the molecule is Fc1c(F)c(F)c(N(F)C(F)(C(F)(F)F)C(F)(F)F)c(F)c1F. The Labute approximate surface area is 116 Å². The lowest BCUT2D eigenvalue weighted by Crippen LogP contribution is -2.62. The van der Waals surface area contributed by atoms with Crippen molar-refractivity contribution in [3.05, 3.63) is 29.1 Å². The van der Waals surface area contributed by atoms with E-state index in [1.807, 2.05) is 0 Å². The van der Waals surface area contributed by atoms with Crippen LogP contribution in [0.5, 0.6) is 0 Å². The van der Waals surface area contributed by atoms with Crippen molar-refractivity contribution in [3.8, 4) is 0 Å². The number of rotatable bonds is 2. The summed E-state index contributed by atoms with van der Waals surface area (Å²) >= 11 is 0. The van der Waals surface area contributed by atoms with E-state index in [9.17, 15) is 57.2 Å². The molecule has 1 aromatic carbocycles. The molecule has 132 valence electrons. The number of hydrogen-bond donors (Lipinski definition) is 0. The van der Waals surface area contributed by atoms with E-state index in [1.54, 1.807) is 0 Å². The molecule has 0 radical (unpaired) electrons. The molecule has 14 heteroatoms. The highest BCUT2D eigenvalue weighted by molar-refractivity contribution is 5.50. The Kier molecular flexibility index (Phi) is 4.44. The normalized spacial score (nSPS) is 13.4. The largest absolute Gasteiger partial charge is 0.454 e. The number of halogens is 13. The molecule has 0 fully saturated rings. The van der Waals surface area contributed by atoms with E-state index in [0.717, 1.165) is 0 Å². The minimum Gasteiger partial charge on any atom is -0.201 e. The van der Waals surface area contributed by atoms with Gasteiger partial charge in [0, 0.05) is 0 Å². The van der Waals surface area contributed by atoms with E-state index in [-0.39, 0.29) is 0 Å². The van der Waals surface area contributed by atoms with Gasteiger partial charge in [-0.2, -0.15) is 35.9 Å². The fraction of sp³-hybridized carbons (Fsp3) is 0.333. The second-order valence-corrected chi connectivity index (χ2v) is 3.82. The zero-order valence-corrected chi connectivity index (χ0v) is 9.86. The number of nitrogens with zero attached hydrogens (tertiary/aromatic N) is 1. The highest BCUT2D eigenvalue weighted by atomic mass is 19.4. The summed E-state index contributed by atoms with van der Waals surface area (Å²) in [7, 11) is 0. The molecular weight excluding hydrogens is 369 g/mol. The summed E-state index contributed by atoms with van der Waals surface area (Å²) in [6, 6.07) is 0. The zero-order valence-electron chi connectivity index (χ0n) is 9.86. The fourth-order valence-electron chi connectivity index (χ4n) is 1.30. The lowest BCUT2D eigenvalue weighted by atomic mass is 10.1. The van der Waals surface area contributed by atoms with Gasteiger partial charge in [-0.25, -0.2) is 22.0 Å². The van der Waals surface area contributed by atoms with Crippen LogP contribution < -0.4 is 5.12 Å². The van der Waals surface area contributed by atoms with Gasteiger partial charge in [-0.15, -0.1) is 0 Å². The Bertz CT molecular complexity index is 572. The van der Waals surface area contributed by atoms with Crippen LogP contribution in [0, 0.1) is 29.1 Å². The van der Waals surface area contributed by atoms with E-state index in [0.29, 0.717) is 0 Å². The van der Waals surface area contributed by atoms with Crippen molar-refractivity contribution in [3.63, 3.8) is 0 Å². The topological polar surface area (TPSA) is 3.24 Å². The first-order valence-corrected chi connectivity index (χ1v) is 4.88. The third-order valence-corrected chi connectivity index (χ3v) is 2.40. The zero-order chi connectivity index (χ0) is 18.5. The maximum atomic E-state index is 13.3. The van der Waals surface area contributed by atoms with Gasteiger partial charge in [0.1, 0.15) is 0 Å². The van der Waals surface area contributed by atoms with Crippen molar-refractivity contribution in [1.29, 1.82) is 0 Å². The van der Waals surface area contributed by atoms with E-state index >= 15 is 0 Å². The van der Waals surface area contributed by atoms with E-state index in [1.165, 1.54) is 0 Å². The van der Waals surface area contributed by atoms with Crippen LogP contribution in [0.2, 0.25) is 0 Å². The molecule has 0 saturated heterocycles. The van der Waals surface area contributed by atoms with E-state index < -0.39 is 58.0 Å². The fourth-order valence-corrected chi connectivity index (χ4v) is 1.30. The molecule has 0 atom stereocenters. The Morgan fingerprint density at radius 3 is 1.04 bits per heavy atom. The molecule has 0 unspecified atom stereocenters. The summed E-state index contributed by atoms with van der Waals surface area (Å²) in [4.78, 5) is 0. The van der Waals surface area contributed by atoms with Gasteiger partial charge in [0.25, 0.3) is 0 Å². The monoisotopic (exact) mass is 369 g/mol. The average Bonchev–Trinajstić information content (AvgIpc) is 2.39. The Morgan fingerprint density at radius 2 is 0.783 bits per heavy atom. The Morgan fingerprint density at radius 1 is 0.522 bits per heavy atom. The van der Waals surface area contributed by atoms with Crippen LogP contribution in [0.3, 0.4) is 0 Å². The first-order valence-electron chi connectivity index (χ1n) is 4.88. The predicted octanol–water partition coefficient (Wildman–Crippen LogP) is 4.86. The van der Waals surface area contributed by atoms with Crippen LogP contribution in [0.4, 0.5) is 62.9 Å². The highest BCUT2D eigenvalue weighted by Crippen LogP contribution is 2.51. The van der Waals surface area contributed by atoms with Crippen LogP contribution in [-0.2, 0) is 0 Å². The Balaban J connectivity index is 3.77. The van der Waals surface area contributed by atoms with Crippen molar-refractivity contribution >= 4 is 5.69 Å². The van der Waals surface area contributed by atoms with Crippen LogP contribution in [0.15, 0.2) is 0 Å². The van der Waals surface area contributed by atoms with Gasteiger partial charge in [0.15, 0.2) is 29.0 Å². The number of hydrogen-bond acceptors (Lipinski definition) is 1. The summed E-state index contributed by atoms with van der Waals surface area (Å²) in [6.07, 6.45) is -14.4. The van der Waals surface area contributed by atoms with Gasteiger partial charge in [-0.1, -0.05) is 4.48 Å². The lowest BCUT2D eigenvalue weighted by Gasteiger charge is -2.34. The molecule has 23 heavy (non-hydrogen) atoms. The number of benzene rings is 1. The van der Waals surface area contributed by atoms with E-state index in [2.05, 4.69) is 0 Å². The van der Waals surface area contributed by atoms with Crippen molar-refractivity contribution < 1.29 is 57.2 Å². The van der Waals surface area contributed by atoms with Crippen molar-refractivity contribution in [2.24, 2.45) is 0 Å². The molecule has 0 aliphatic rings. The van der Waals surface area contributed by atoms with E-state index in [4.69, 9.17) is 0 Å². The average molecular weight is 369 g/mol. The quantitative estimate of drug-likeness (QED) is 0.237. The van der Waals surface area contributed by atoms with Gasteiger partial charge < -0.3 is 0 Å². The molecule has 0 aliphatic heterocycles. The molecule has 0 aliphatic carbocycles. The molecule has 0 heterocycles. The summed E-state index contributed by atoms with van der Waals surface area (Å²) < 4.78 is 164. The smallest absolute Gasteiger partial charge is 0.201 e. The van der Waals surface area contributed by atoms with Gasteiger partial charge in [0.05, 0.1) is 0 Å². The summed E-state index contributed by atoms with van der Waals surface area (Å²) in [5.74, 6) is -23.1. The van der Waals surface area contributed by atoms with Gasteiger partial charge in [-0.3, -0.25) is 0 Å². The standard InChI is InChI=1S/C9F13N/c10-1-2(11)4(13)6(5(14)3(1)12)23(22)7(15,8(16,17)18)9(19,20)21. The van der Waals surface area contributed by atoms with Crippen molar-refractivity contribution in [1.82, 2.24) is 0 Å². The molecule has 0 bridgehead atoms. The molecular formula is C9F13N. The maximum Gasteiger partial charge on any atom is 0.454 e. The number of alkyl halides is 7. The highest BCUT2D eigenvalue weighted by Gasteiger charge is 2.78. The molecule has 0 spiro atoms.